The largest absolute Gasteiger partial charge is 0.338 e. The molecule has 1 heterocycles. The molecule has 62 valence electrons. The van der Waals surface area contributed by atoms with Crippen LogP contribution in [0, 0.1) is 0 Å². The van der Waals surface area contributed by atoms with E-state index in [0.717, 1.165) is 13.2 Å². The topological polar surface area (TPSA) is 27.6 Å². The highest BCUT2D eigenvalue weighted by atomic mass is 15.5. The molecule has 0 unspecified atom stereocenters. The molecule has 1 aliphatic rings. The third kappa shape index (κ3) is 1.56. The quantitative estimate of drug-likeness (QED) is 0.700. The molecule has 0 amide bonds. The van der Waals surface area contributed by atoms with Gasteiger partial charge in [0.15, 0.2) is 0 Å². The third-order valence-electron chi connectivity index (χ3n) is 1.81. The van der Waals surface area contributed by atoms with Crippen molar-refractivity contribution in [2.75, 3.05) is 6.67 Å². The van der Waals surface area contributed by atoms with Gasteiger partial charge in [0.1, 0.15) is 13.0 Å². The van der Waals surface area contributed by atoms with Gasteiger partial charge in [-0.1, -0.05) is 30.3 Å². The summed E-state index contributed by atoms with van der Waals surface area (Å²) in [7, 11) is 0. The Morgan fingerprint density at radius 2 is 2.17 bits per heavy atom. The van der Waals surface area contributed by atoms with Gasteiger partial charge in [0.25, 0.3) is 0 Å². The van der Waals surface area contributed by atoms with Crippen LogP contribution in [-0.2, 0) is 6.54 Å². The number of nitrogens with one attached hydrogen (secondary N) is 1. The number of hydrogen-bond acceptors (Lipinski definition) is 3. The predicted molar refractivity (Wildman–Crippen MR) is 48.5 cm³/mol. The summed E-state index contributed by atoms with van der Waals surface area (Å²) >= 11 is 0. The van der Waals surface area contributed by atoms with Crippen molar-refractivity contribution in [3.05, 3.63) is 35.9 Å². The molecule has 0 radical (unpaired) electrons. The Balaban J connectivity index is 1.99. The Bertz CT molecular complexity index is 268. The summed E-state index contributed by atoms with van der Waals surface area (Å²) in [6.07, 6.45) is 1.83. The zero-order chi connectivity index (χ0) is 8.23. The van der Waals surface area contributed by atoms with Gasteiger partial charge in [0, 0.05) is 6.54 Å². The molecule has 2 rings (SSSR count). The molecule has 0 spiro atoms. The lowest BCUT2D eigenvalue weighted by Crippen LogP contribution is -2.22. The van der Waals surface area contributed by atoms with Crippen LogP contribution >= 0.6 is 0 Å². The van der Waals surface area contributed by atoms with Gasteiger partial charge in [-0.3, -0.25) is 5.43 Å². The molecule has 3 nitrogen and oxygen atoms in total. The molecule has 0 fully saturated rings. The molecule has 0 atom stereocenters. The minimum Gasteiger partial charge on any atom is -0.338 e. The average Bonchev–Trinajstić information content (AvgIpc) is 2.59. The van der Waals surface area contributed by atoms with E-state index in [-0.39, 0.29) is 0 Å². The minimum atomic E-state index is 0.814. The first-order valence-electron chi connectivity index (χ1n) is 3.99. The standard InChI is InChI=1S/C9H11N3/c1-2-4-9(5-3-1)6-12-7-10-11-8-12/h1-5,7,11H,6,8H2. The predicted octanol–water partition coefficient (Wildman–Crippen LogP) is 0.993. The molecule has 0 saturated heterocycles. The van der Waals surface area contributed by atoms with Gasteiger partial charge in [-0.25, -0.2) is 0 Å². The van der Waals surface area contributed by atoms with E-state index >= 15 is 0 Å². The van der Waals surface area contributed by atoms with Gasteiger partial charge in [-0.05, 0) is 5.56 Å². The highest BCUT2D eigenvalue weighted by Crippen LogP contribution is 2.02. The van der Waals surface area contributed by atoms with E-state index in [9.17, 15) is 0 Å². The minimum absolute atomic E-state index is 0.814. The third-order valence-corrected chi connectivity index (χ3v) is 1.81. The van der Waals surface area contributed by atoms with Crippen LogP contribution in [0.1, 0.15) is 5.56 Å². The van der Waals surface area contributed by atoms with Gasteiger partial charge in [0.2, 0.25) is 0 Å². The van der Waals surface area contributed by atoms with E-state index in [0.29, 0.717) is 0 Å². The van der Waals surface area contributed by atoms with Crippen molar-refractivity contribution in [3.63, 3.8) is 0 Å². The van der Waals surface area contributed by atoms with E-state index in [1.165, 1.54) is 5.56 Å². The first-order chi connectivity index (χ1) is 5.95. The Morgan fingerprint density at radius 1 is 1.33 bits per heavy atom. The van der Waals surface area contributed by atoms with Crippen molar-refractivity contribution in [2.24, 2.45) is 5.10 Å². The van der Waals surface area contributed by atoms with Crippen LogP contribution in [0.15, 0.2) is 35.4 Å². The Morgan fingerprint density at radius 3 is 2.83 bits per heavy atom. The first-order valence-corrected chi connectivity index (χ1v) is 3.99. The van der Waals surface area contributed by atoms with E-state index in [1.807, 2.05) is 12.4 Å². The summed E-state index contributed by atoms with van der Waals surface area (Å²) in [4.78, 5) is 2.12. The molecular formula is C9H11N3. The fourth-order valence-electron chi connectivity index (χ4n) is 1.21. The van der Waals surface area contributed by atoms with E-state index < -0.39 is 0 Å². The lowest BCUT2D eigenvalue weighted by Gasteiger charge is -2.12. The van der Waals surface area contributed by atoms with Crippen molar-refractivity contribution in [3.8, 4) is 0 Å². The Labute approximate surface area is 71.7 Å². The number of rotatable bonds is 2. The van der Waals surface area contributed by atoms with E-state index in [2.05, 4.69) is 39.7 Å². The smallest absolute Gasteiger partial charge is 0.113 e. The molecule has 12 heavy (non-hydrogen) atoms. The van der Waals surface area contributed by atoms with Crippen LogP contribution in [0.4, 0.5) is 0 Å². The van der Waals surface area contributed by atoms with Crippen molar-refractivity contribution in [1.82, 2.24) is 10.3 Å². The molecule has 1 aliphatic heterocycles. The van der Waals surface area contributed by atoms with Crippen LogP contribution < -0.4 is 5.43 Å². The lowest BCUT2D eigenvalue weighted by molar-refractivity contribution is 0.428. The normalized spacial score (nSPS) is 14.8. The molecule has 0 bridgehead atoms. The van der Waals surface area contributed by atoms with Gasteiger partial charge in [-0.2, -0.15) is 5.10 Å². The molecule has 0 aliphatic carbocycles. The zero-order valence-corrected chi connectivity index (χ0v) is 6.77. The molecule has 1 aromatic rings. The monoisotopic (exact) mass is 161 g/mol. The van der Waals surface area contributed by atoms with Crippen molar-refractivity contribution < 1.29 is 0 Å². The maximum absolute atomic E-state index is 3.91. The maximum atomic E-state index is 3.91. The second-order valence-corrected chi connectivity index (χ2v) is 2.79. The summed E-state index contributed by atoms with van der Waals surface area (Å²) in [6, 6.07) is 10.4. The summed E-state index contributed by atoms with van der Waals surface area (Å²) in [5, 5.41) is 3.91. The number of benzene rings is 1. The van der Waals surface area contributed by atoms with Gasteiger partial charge in [0.05, 0.1) is 0 Å². The summed E-state index contributed by atoms with van der Waals surface area (Å²) in [5.74, 6) is 0. The lowest BCUT2D eigenvalue weighted by atomic mass is 10.2. The maximum Gasteiger partial charge on any atom is 0.113 e. The van der Waals surface area contributed by atoms with Crippen LogP contribution in [0.3, 0.4) is 0 Å². The van der Waals surface area contributed by atoms with Crippen molar-refractivity contribution in [1.29, 1.82) is 0 Å². The van der Waals surface area contributed by atoms with Gasteiger partial charge >= 0.3 is 0 Å². The van der Waals surface area contributed by atoms with E-state index in [1.54, 1.807) is 0 Å². The summed E-state index contributed by atoms with van der Waals surface area (Å²) in [6.45, 7) is 1.74. The Hall–Kier alpha value is -1.51. The molecule has 0 aromatic heterocycles. The van der Waals surface area contributed by atoms with Gasteiger partial charge < -0.3 is 4.90 Å². The molecule has 1 N–H and O–H groups in total. The molecule has 1 aromatic carbocycles. The Kier molecular flexibility index (Phi) is 1.94. The fraction of sp³-hybridized carbons (Fsp3) is 0.222. The van der Waals surface area contributed by atoms with Gasteiger partial charge in [-0.15, -0.1) is 0 Å². The van der Waals surface area contributed by atoms with Crippen LogP contribution in [-0.4, -0.2) is 17.9 Å². The first kappa shape index (κ1) is 7.16. The average molecular weight is 161 g/mol. The molecule has 3 heteroatoms. The zero-order valence-electron chi connectivity index (χ0n) is 6.77. The summed E-state index contributed by atoms with van der Waals surface area (Å²) < 4.78 is 0. The fourth-order valence-corrected chi connectivity index (χ4v) is 1.21. The van der Waals surface area contributed by atoms with Crippen LogP contribution in [0.25, 0.3) is 0 Å². The summed E-state index contributed by atoms with van der Waals surface area (Å²) in [5.41, 5.74) is 4.20. The highest BCUT2D eigenvalue weighted by molar-refractivity contribution is 5.56. The van der Waals surface area contributed by atoms with Crippen LogP contribution in [0.2, 0.25) is 0 Å². The number of hydrazone groups is 1. The molecular weight excluding hydrogens is 150 g/mol. The number of nitrogens with zero attached hydrogens (tertiary/aromatic N) is 2. The second kappa shape index (κ2) is 3.26. The highest BCUT2D eigenvalue weighted by Gasteiger charge is 2.03. The number of hydrogen-bond donors (Lipinski definition) is 1. The van der Waals surface area contributed by atoms with E-state index in [4.69, 9.17) is 0 Å². The van der Waals surface area contributed by atoms with Crippen LogP contribution in [0.5, 0.6) is 0 Å². The van der Waals surface area contributed by atoms with Crippen molar-refractivity contribution in [2.45, 2.75) is 6.54 Å². The molecule has 0 saturated carbocycles. The second-order valence-electron chi connectivity index (χ2n) is 2.79. The van der Waals surface area contributed by atoms with Crippen molar-refractivity contribution >= 4 is 6.34 Å². The SMILES string of the molecule is C1=NNCN1Cc1ccccc1.